The summed E-state index contributed by atoms with van der Waals surface area (Å²) in [6.07, 6.45) is 2.18. The minimum atomic E-state index is -3.93. The van der Waals surface area contributed by atoms with Crippen LogP contribution in [-0.4, -0.2) is 22.1 Å². The first kappa shape index (κ1) is 18.0. The molecule has 0 radical (unpaired) electrons. The number of ether oxygens (including phenoxy) is 1. The van der Waals surface area contributed by atoms with Crippen LogP contribution in [0.3, 0.4) is 0 Å². The Morgan fingerprint density at radius 2 is 1.96 bits per heavy atom. The lowest BCUT2D eigenvalue weighted by molar-refractivity contribution is 0.385. The van der Waals surface area contributed by atoms with Crippen molar-refractivity contribution in [2.24, 2.45) is 0 Å². The van der Waals surface area contributed by atoms with E-state index in [2.05, 4.69) is 6.58 Å². The van der Waals surface area contributed by atoms with E-state index in [1.165, 1.54) is 29.6 Å². The number of halogens is 1. The van der Waals surface area contributed by atoms with Crippen LogP contribution in [0.5, 0.6) is 5.75 Å². The van der Waals surface area contributed by atoms with Gasteiger partial charge in [0.2, 0.25) is 0 Å². The molecule has 0 saturated heterocycles. The van der Waals surface area contributed by atoms with Crippen molar-refractivity contribution in [2.45, 2.75) is 18.2 Å². The molecule has 0 atom stereocenters. The number of aryl methyl sites for hydroxylation is 1. The maximum atomic E-state index is 13.9. The summed E-state index contributed by atoms with van der Waals surface area (Å²) in [5.41, 5.74) is 1.45. The highest BCUT2D eigenvalue weighted by Crippen LogP contribution is 2.29. The zero-order valence-electron chi connectivity index (χ0n) is 13.7. The van der Waals surface area contributed by atoms with Crippen molar-refractivity contribution in [3.05, 3.63) is 66.5 Å². The molecule has 4 nitrogen and oxygen atoms in total. The molecule has 2 rings (SSSR count). The Bertz CT molecular complexity index is 834. The highest BCUT2D eigenvalue weighted by Gasteiger charge is 2.26. The molecule has 0 amide bonds. The summed E-state index contributed by atoms with van der Waals surface area (Å²) >= 11 is 0. The smallest absolute Gasteiger partial charge is 0.264 e. The molecule has 0 bridgehead atoms. The number of benzene rings is 2. The molecule has 2 aromatic carbocycles. The first-order valence-electron chi connectivity index (χ1n) is 7.50. The standard InChI is InChI=1S/C18H20FNO3S/c1-4-12-20(17-9-7-6-8-14(17)5-2)24(21,22)15-10-11-18(23-3)16(19)13-15/h4,6-11,13H,1,5,12H2,2-3H3. The van der Waals surface area contributed by atoms with Gasteiger partial charge < -0.3 is 4.74 Å². The van der Waals surface area contributed by atoms with Crippen LogP contribution in [0.1, 0.15) is 12.5 Å². The van der Waals surface area contributed by atoms with Crippen molar-refractivity contribution in [3.8, 4) is 5.75 Å². The van der Waals surface area contributed by atoms with Crippen LogP contribution in [0, 0.1) is 5.82 Å². The van der Waals surface area contributed by atoms with Crippen molar-refractivity contribution in [3.63, 3.8) is 0 Å². The quantitative estimate of drug-likeness (QED) is 0.715. The fourth-order valence-corrected chi connectivity index (χ4v) is 3.92. The van der Waals surface area contributed by atoms with E-state index in [4.69, 9.17) is 4.74 Å². The minimum Gasteiger partial charge on any atom is -0.494 e. The summed E-state index contributed by atoms with van der Waals surface area (Å²) in [4.78, 5) is -0.131. The normalized spacial score (nSPS) is 11.1. The molecule has 0 aliphatic rings. The first-order chi connectivity index (χ1) is 11.5. The van der Waals surface area contributed by atoms with Crippen LogP contribution in [0.25, 0.3) is 0 Å². The van der Waals surface area contributed by atoms with E-state index in [9.17, 15) is 12.8 Å². The summed E-state index contributed by atoms with van der Waals surface area (Å²) in [6, 6.07) is 10.8. The molecule has 6 heteroatoms. The highest BCUT2D eigenvalue weighted by atomic mass is 32.2. The Morgan fingerprint density at radius 3 is 2.54 bits per heavy atom. The lowest BCUT2D eigenvalue weighted by atomic mass is 10.1. The van der Waals surface area contributed by atoms with Crippen LogP contribution < -0.4 is 9.04 Å². The van der Waals surface area contributed by atoms with E-state index in [0.717, 1.165) is 11.6 Å². The van der Waals surface area contributed by atoms with Crippen molar-refractivity contribution >= 4 is 15.7 Å². The van der Waals surface area contributed by atoms with Gasteiger partial charge >= 0.3 is 0 Å². The topological polar surface area (TPSA) is 46.6 Å². The SMILES string of the molecule is C=CCN(c1ccccc1CC)S(=O)(=O)c1ccc(OC)c(F)c1. The Balaban J connectivity index is 2.57. The molecular weight excluding hydrogens is 329 g/mol. The Kier molecular flexibility index (Phi) is 5.62. The monoisotopic (exact) mass is 349 g/mol. The van der Waals surface area contributed by atoms with Crippen LogP contribution in [-0.2, 0) is 16.4 Å². The van der Waals surface area contributed by atoms with Gasteiger partial charge in [0.15, 0.2) is 11.6 Å². The molecule has 0 heterocycles. The molecule has 2 aromatic rings. The van der Waals surface area contributed by atoms with Gasteiger partial charge in [0, 0.05) is 0 Å². The molecule has 0 aromatic heterocycles. The lowest BCUT2D eigenvalue weighted by Crippen LogP contribution is -2.32. The second-order valence-corrected chi connectivity index (χ2v) is 6.97. The number of anilines is 1. The third kappa shape index (κ3) is 3.43. The fourth-order valence-electron chi connectivity index (χ4n) is 2.43. The number of methoxy groups -OCH3 is 1. The molecule has 0 spiro atoms. The molecule has 0 saturated carbocycles. The summed E-state index contributed by atoms with van der Waals surface area (Å²) in [5.74, 6) is -0.723. The van der Waals surface area contributed by atoms with Gasteiger partial charge in [-0.25, -0.2) is 12.8 Å². The maximum absolute atomic E-state index is 13.9. The number of rotatable bonds is 7. The second kappa shape index (κ2) is 7.49. The van der Waals surface area contributed by atoms with Crippen LogP contribution in [0.2, 0.25) is 0 Å². The number of para-hydroxylation sites is 1. The van der Waals surface area contributed by atoms with Crippen molar-refractivity contribution in [2.75, 3.05) is 18.0 Å². The van der Waals surface area contributed by atoms with E-state index in [1.54, 1.807) is 12.1 Å². The number of sulfonamides is 1. The van der Waals surface area contributed by atoms with E-state index in [1.807, 2.05) is 19.1 Å². The van der Waals surface area contributed by atoms with Gasteiger partial charge in [0.05, 0.1) is 24.2 Å². The van der Waals surface area contributed by atoms with Gasteiger partial charge in [-0.3, -0.25) is 4.31 Å². The molecule has 0 unspecified atom stereocenters. The number of nitrogens with zero attached hydrogens (tertiary/aromatic N) is 1. The Hall–Kier alpha value is -2.34. The third-order valence-corrected chi connectivity index (χ3v) is 5.42. The zero-order valence-corrected chi connectivity index (χ0v) is 14.5. The van der Waals surface area contributed by atoms with Gasteiger partial charge in [-0.15, -0.1) is 6.58 Å². The molecular formula is C18H20FNO3S. The second-order valence-electron chi connectivity index (χ2n) is 5.10. The lowest BCUT2D eigenvalue weighted by Gasteiger charge is -2.25. The molecule has 0 fully saturated rings. The Morgan fingerprint density at radius 1 is 1.25 bits per heavy atom. The predicted octanol–water partition coefficient (Wildman–Crippen LogP) is 3.78. The summed E-state index contributed by atoms with van der Waals surface area (Å²) in [6.45, 7) is 5.67. The maximum Gasteiger partial charge on any atom is 0.264 e. The van der Waals surface area contributed by atoms with Crippen molar-refractivity contribution in [1.82, 2.24) is 0 Å². The highest BCUT2D eigenvalue weighted by molar-refractivity contribution is 7.92. The van der Waals surface area contributed by atoms with Gasteiger partial charge in [-0.1, -0.05) is 31.2 Å². The van der Waals surface area contributed by atoms with E-state index in [0.29, 0.717) is 12.1 Å². The zero-order chi connectivity index (χ0) is 17.7. The molecule has 0 aliphatic carbocycles. The molecule has 128 valence electrons. The van der Waals surface area contributed by atoms with Gasteiger partial charge in [0.25, 0.3) is 10.0 Å². The number of hydrogen-bond donors (Lipinski definition) is 0. The van der Waals surface area contributed by atoms with Crippen LogP contribution >= 0.6 is 0 Å². The average Bonchev–Trinajstić information content (AvgIpc) is 2.59. The van der Waals surface area contributed by atoms with E-state index in [-0.39, 0.29) is 17.2 Å². The van der Waals surface area contributed by atoms with Crippen LogP contribution in [0.4, 0.5) is 10.1 Å². The molecule has 0 aliphatic heterocycles. The minimum absolute atomic E-state index is 0.00169. The third-order valence-electron chi connectivity index (χ3n) is 3.65. The summed E-state index contributed by atoms with van der Waals surface area (Å²) < 4.78 is 46.1. The summed E-state index contributed by atoms with van der Waals surface area (Å²) in [5, 5.41) is 0. The molecule has 24 heavy (non-hydrogen) atoms. The number of hydrogen-bond acceptors (Lipinski definition) is 3. The van der Waals surface area contributed by atoms with Crippen molar-refractivity contribution in [1.29, 1.82) is 0 Å². The average molecular weight is 349 g/mol. The Labute approximate surface area is 142 Å². The first-order valence-corrected chi connectivity index (χ1v) is 8.94. The van der Waals surface area contributed by atoms with E-state index >= 15 is 0 Å². The van der Waals surface area contributed by atoms with Gasteiger partial charge in [-0.05, 0) is 36.2 Å². The van der Waals surface area contributed by atoms with Crippen LogP contribution in [0.15, 0.2) is 60.0 Å². The molecule has 0 N–H and O–H groups in total. The fraction of sp³-hybridized carbons (Fsp3) is 0.222. The largest absolute Gasteiger partial charge is 0.494 e. The summed E-state index contributed by atoms with van der Waals surface area (Å²) in [7, 11) is -2.60. The van der Waals surface area contributed by atoms with Gasteiger partial charge in [0.1, 0.15) is 0 Å². The predicted molar refractivity (Wildman–Crippen MR) is 93.5 cm³/mol. The van der Waals surface area contributed by atoms with Gasteiger partial charge in [-0.2, -0.15) is 0 Å². The van der Waals surface area contributed by atoms with Crippen molar-refractivity contribution < 1.29 is 17.5 Å². The van der Waals surface area contributed by atoms with E-state index < -0.39 is 15.8 Å².